The van der Waals surface area contributed by atoms with Gasteiger partial charge >= 0.3 is 11.5 Å². The summed E-state index contributed by atoms with van der Waals surface area (Å²) in [4.78, 5) is 11.0. The Bertz CT molecular complexity index is 525. The highest BCUT2D eigenvalue weighted by molar-refractivity contribution is 9.10. The van der Waals surface area contributed by atoms with Gasteiger partial charge in [-0.3, -0.25) is 0 Å². The van der Waals surface area contributed by atoms with Gasteiger partial charge in [-0.25, -0.2) is 4.79 Å². The van der Waals surface area contributed by atoms with Crippen LogP contribution in [0.25, 0.3) is 0 Å². The minimum absolute atomic E-state index is 0.000532. The lowest BCUT2D eigenvalue weighted by Gasteiger charge is -2.10. The van der Waals surface area contributed by atoms with Gasteiger partial charge in [0, 0.05) is 9.37 Å². The number of alkyl halides is 3. The maximum atomic E-state index is 12.3. The van der Waals surface area contributed by atoms with Crippen LogP contribution in [0.2, 0.25) is 0 Å². The molecular weight excluding hydrogens is 335 g/mol. The SMILES string of the molecule is COC(=O)c1cc(C#N)c(SC(F)(F)F)cc1Br. The van der Waals surface area contributed by atoms with Crippen molar-refractivity contribution in [1.82, 2.24) is 0 Å². The number of carbonyl (C=O) groups is 1. The van der Waals surface area contributed by atoms with Gasteiger partial charge in [0.2, 0.25) is 0 Å². The van der Waals surface area contributed by atoms with Crippen LogP contribution in [0, 0.1) is 11.3 Å². The Kier molecular flexibility index (Phi) is 4.65. The van der Waals surface area contributed by atoms with Crippen LogP contribution in [0.5, 0.6) is 0 Å². The number of benzene rings is 1. The van der Waals surface area contributed by atoms with Crippen LogP contribution in [-0.2, 0) is 4.74 Å². The zero-order valence-corrected chi connectivity index (χ0v) is 11.2. The molecule has 0 radical (unpaired) electrons. The van der Waals surface area contributed by atoms with E-state index in [0.717, 1.165) is 19.2 Å². The lowest BCUT2D eigenvalue weighted by atomic mass is 10.1. The van der Waals surface area contributed by atoms with Crippen molar-refractivity contribution in [2.75, 3.05) is 7.11 Å². The lowest BCUT2D eigenvalue weighted by molar-refractivity contribution is -0.0328. The Labute approximate surface area is 113 Å². The molecule has 0 aliphatic carbocycles. The molecule has 1 aromatic carbocycles. The minimum atomic E-state index is -4.50. The molecule has 96 valence electrons. The third-order valence-electron chi connectivity index (χ3n) is 1.82. The van der Waals surface area contributed by atoms with Crippen molar-refractivity contribution in [3.05, 3.63) is 27.7 Å². The van der Waals surface area contributed by atoms with Crippen molar-refractivity contribution in [2.45, 2.75) is 10.4 Å². The monoisotopic (exact) mass is 339 g/mol. The normalized spacial score (nSPS) is 10.9. The van der Waals surface area contributed by atoms with Crippen molar-refractivity contribution >= 4 is 33.7 Å². The molecule has 0 heterocycles. The third-order valence-corrected chi connectivity index (χ3v) is 3.27. The van der Waals surface area contributed by atoms with Crippen molar-refractivity contribution in [3.8, 4) is 6.07 Å². The molecule has 0 spiro atoms. The molecular formula is C10H5BrF3NO2S. The quantitative estimate of drug-likeness (QED) is 0.608. The van der Waals surface area contributed by atoms with E-state index in [1.807, 2.05) is 0 Å². The van der Waals surface area contributed by atoms with Gasteiger partial charge in [0.1, 0.15) is 6.07 Å². The number of methoxy groups -OCH3 is 1. The number of carbonyl (C=O) groups excluding carboxylic acids is 1. The van der Waals surface area contributed by atoms with Gasteiger partial charge in [0.25, 0.3) is 0 Å². The predicted molar refractivity (Wildman–Crippen MR) is 62.1 cm³/mol. The average Bonchev–Trinajstić information content (AvgIpc) is 2.26. The van der Waals surface area contributed by atoms with E-state index < -0.39 is 23.2 Å². The zero-order chi connectivity index (χ0) is 13.9. The maximum Gasteiger partial charge on any atom is 0.446 e. The first-order valence-electron chi connectivity index (χ1n) is 4.36. The Balaban J connectivity index is 3.28. The first kappa shape index (κ1) is 14.9. The standard InChI is InChI=1S/C10H5BrF3NO2S/c1-17-9(16)6-2-5(4-15)8(3-7(6)11)18-10(12,13)14/h2-3H,1H3. The molecule has 1 aromatic rings. The third kappa shape index (κ3) is 3.65. The van der Waals surface area contributed by atoms with Crippen molar-refractivity contribution in [2.24, 2.45) is 0 Å². The summed E-state index contributed by atoms with van der Waals surface area (Å²) in [7, 11) is 1.14. The Morgan fingerprint density at radius 1 is 1.50 bits per heavy atom. The largest absolute Gasteiger partial charge is 0.465 e. The van der Waals surface area contributed by atoms with Gasteiger partial charge in [0.05, 0.1) is 18.2 Å². The van der Waals surface area contributed by atoms with E-state index in [-0.39, 0.29) is 20.5 Å². The number of esters is 1. The molecule has 0 unspecified atom stereocenters. The van der Waals surface area contributed by atoms with Gasteiger partial charge in [0.15, 0.2) is 0 Å². The van der Waals surface area contributed by atoms with Crippen molar-refractivity contribution in [1.29, 1.82) is 5.26 Å². The minimum Gasteiger partial charge on any atom is -0.465 e. The predicted octanol–water partition coefficient (Wildman–Crippen LogP) is 3.72. The van der Waals surface area contributed by atoms with E-state index in [2.05, 4.69) is 20.7 Å². The number of nitrogens with zero attached hydrogens (tertiary/aromatic N) is 1. The lowest BCUT2D eigenvalue weighted by Crippen LogP contribution is -2.05. The molecule has 0 saturated heterocycles. The molecule has 0 N–H and O–H groups in total. The van der Waals surface area contributed by atoms with Gasteiger partial charge in [-0.2, -0.15) is 18.4 Å². The molecule has 0 saturated carbocycles. The van der Waals surface area contributed by atoms with E-state index >= 15 is 0 Å². The average molecular weight is 340 g/mol. The summed E-state index contributed by atoms with van der Waals surface area (Å²) >= 11 is 2.56. The molecule has 0 bridgehead atoms. The summed E-state index contributed by atoms with van der Waals surface area (Å²) in [6.07, 6.45) is 0. The van der Waals surface area contributed by atoms with E-state index in [0.29, 0.717) is 0 Å². The summed E-state index contributed by atoms with van der Waals surface area (Å²) in [5, 5.41) is 8.79. The highest BCUT2D eigenvalue weighted by Gasteiger charge is 2.31. The highest BCUT2D eigenvalue weighted by atomic mass is 79.9. The van der Waals surface area contributed by atoms with Crippen LogP contribution in [0.4, 0.5) is 13.2 Å². The Morgan fingerprint density at radius 2 is 2.11 bits per heavy atom. The second-order valence-electron chi connectivity index (χ2n) is 2.98. The van der Waals surface area contributed by atoms with E-state index in [1.165, 1.54) is 0 Å². The fourth-order valence-electron chi connectivity index (χ4n) is 1.12. The number of hydrogen-bond acceptors (Lipinski definition) is 4. The fraction of sp³-hybridized carbons (Fsp3) is 0.200. The molecule has 0 fully saturated rings. The van der Waals surface area contributed by atoms with Gasteiger partial charge in [-0.15, -0.1) is 0 Å². The number of ether oxygens (including phenoxy) is 1. The molecule has 3 nitrogen and oxygen atoms in total. The van der Waals surface area contributed by atoms with Gasteiger partial charge in [-0.05, 0) is 39.8 Å². The van der Waals surface area contributed by atoms with Crippen LogP contribution in [0.1, 0.15) is 15.9 Å². The van der Waals surface area contributed by atoms with E-state index in [1.54, 1.807) is 6.07 Å². The van der Waals surface area contributed by atoms with Crippen LogP contribution in [0.15, 0.2) is 21.5 Å². The molecule has 0 aliphatic rings. The number of halogens is 4. The Morgan fingerprint density at radius 3 is 2.56 bits per heavy atom. The van der Waals surface area contributed by atoms with Crippen LogP contribution < -0.4 is 0 Å². The smallest absolute Gasteiger partial charge is 0.446 e. The van der Waals surface area contributed by atoms with E-state index in [9.17, 15) is 18.0 Å². The van der Waals surface area contributed by atoms with Gasteiger partial charge < -0.3 is 4.74 Å². The molecule has 8 heteroatoms. The molecule has 0 amide bonds. The van der Waals surface area contributed by atoms with E-state index in [4.69, 9.17) is 5.26 Å². The number of hydrogen-bond donors (Lipinski definition) is 0. The molecule has 18 heavy (non-hydrogen) atoms. The number of rotatable bonds is 2. The Hall–Kier alpha value is -1.20. The molecule has 0 aliphatic heterocycles. The topological polar surface area (TPSA) is 50.1 Å². The summed E-state index contributed by atoms with van der Waals surface area (Å²) in [5.74, 6) is -0.734. The molecule has 0 atom stereocenters. The van der Waals surface area contributed by atoms with Crippen molar-refractivity contribution < 1.29 is 22.7 Å². The second kappa shape index (κ2) is 5.63. The van der Waals surface area contributed by atoms with Crippen LogP contribution >= 0.6 is 27.7 Å². The fourth-order valence-corrected chi connectivity index (χ4v) is 2.42. The molecule has 0 aromatic heterocycles. The first-order valence-corrected chi connectivity index (χ1v) is 5.97. The number of nitriles is 1. The summed E-state index contributed by atoms with van der Waals surface area (Å²) in [6, 6.07) is 3.75. The molecule has 1 rings (SSSR count). The van der Waals surface area contributed by atoms with Crippen LogP contribution in [-0.4, -0.2) is 18.6 Å². The first-order chi connectivity index (χ1) is 8.28. The summed E-state index contributed by atoms with van der Waals surface area (Å²) in [6.45, 7) is 0. The summed E-state index contributed by atoms with van der Waals surface area (Å²) in [5.41, 5.74) is -4.74. The highest BCUT2D eigenvalue weighted by Crippen LogP contribution is 2.40. The second-order valence-corrected chi connectivity index (χ2v) is 4.94. The zero-order valence-electron chi connectivity index (χ0n) is 8.84. The summed E-state index contributed by atoms with van der Waals surface area (Å²) < 4.78 is 41.4. The maximum absolute atomic E-state index is 12.3. The van der Waals surface area contributed by atoms with Gasteiger partial charge in [-0.1, -0.05) is 0 Å². The van der Waals surface area contributed by atoms with Crippen molar-refractivity contribution in [3.63, 3.8) is 0 Å². The number of thioether (sulfide) groups is 1. The van der Waals surface area contributed by atoms with Crippen LogP contribution in [0.3, 0.4) is 0 Å².